The molecule has 31 heavy (non-hydrogen) atoms. The Hall–Kier alpha value is -3.04. The van der Waals surface area contributed by atoms with Crippen LogP contribution in [0.4, 0.5) is 18.2 Å². The monoisotopic (exact) mass is 514 g/mol. The Kier molecular flexibility index (Phi) is 7.35. The fourth-order valence-corrected chi connectivity index (χ4v) is 3.65. The van der Waals surface area contributed by atoms with Crippen LogP contribution in [-0.4, -0.2) is 39.6 Å². The predicted molar refractivity (Wildman–Crippen MR) is 112 cm³/mol. The smallest absolute Gasteiger partial charge is 0.475 e. The summed E-state index contributed by atoms with van der Waals surface area (Å²) in [5.41, 5.74) is 3.15. The molecule has 0 aliphatic carbocycles. The van der Waals surface area contributed by atoms with Crippen molar-refractivity contribution in [2.75, 3.05) is 11.9 Å². The summed E-state index contributed by atoms with van der Waals surface area (Å²) in [6, 6.07) is 9.53. The van der Waals surface area contributed by atoms with Gasteiger partial charge in [-0.3, -0.25) is 9.78 Å². The number of aryl methyl sites for hydroxylation is 2. The highest BCUT2D eigenvalue weighted by atomic mass is 79.9. The number of halogens is 4. The van der Waals surface area contributed by atoms with E-state index in [1.165, 1.54) is 4.90 Å². The molecule has 3 aromatic rings. The van der Waals surface area contributed by atoms with Crippen LogP contribution in [0.5, 0.6) is 0 Å². The maximum Gasteiger partial charge on any atom is 0.490 e. The van der Waals surface area contributed by atoms with Crippen LogP contribution in [-0.2, 0) is 4.79 Å². The minimum atomic E-state index is -5.08. The molecule has 7 nitrogen and oxygen atoms in total. The molecule has 0 atom stereocenters. The van der Waals surface area contributed by atoms with Crippen molar-refractivity contribution in [3.8, 4) is 6.07 Å². The molecule has 0 radical (unpaired) electrons. The quantitative estimate of drug-likeness (QED) is 0.523. The number of nitrogens with zero attached hydrogens (tertiary/aromatic N) is 4. The second-order valence-corrected chi connectivity index (χ2v) is 7.87. The lowest BCUT2D eigenvalue weighted by atomic mass is 10.1. The minimum absolute atomic E-state index is 0.187. The number of nitriles is 1. The van der Waals surface area contributed by atoms with E-state index < -0.39 is 12.1 Å². The van der Waals surface area contributed by atoms with Gasteiger partial charge in [-0.1, -0.05) is 22.0 Å². The topological polar surface area (TPSA) is 107 Å². The highest BCUT2D eigenvalue weighted by Crippen LogP contribution is 2.30. The van der Waals surface area contributed by atoms with Crippen molar-refractivity contribution in [3.63, 3.8) is 0 Å². The number of anilines is 1. The van der Waals surface area contributed by atoms with Gasteiger partial charge >= 0.3 is 12.1 Å². The predicted octanol–water partition coefficient (Wildman–Crippen LogP) is 4.85. The van der Waals surface area contributed by atoms with E-state index in [4.69, 9.17) is 9.90 Å². The number of carboxylic acid groups (broad SMARTS) is 1. The first-order valence-corrected chi connectivity index (χ1v) is 9.95. The van der Waals surface area contributed by atoms with Gasteiger partial charge in [0.25, 0.3) is 5.91 Å². The molecule has 0 aliphatic rings. The molecule has 0 spiro atoms. The first-order chi connectivity index (χ1) is 14.4. The number of hydrogen-bond acceptors (Lipinski definition) is 6. The van der Waals surface area contributed by atoms with Crippen LogP contribution in [0.1, 0.15) is 27.3 Å². The van der Waals surface area contributed by atoms with Gasteiger partial charge in [-0.05, 0) is 43.6 Å². The van der Waals surface area contributed by atoms with Crippen LogP contribution in [0.2, 0.25) is 0 Å². The van der Waals surface area contributed by atoms with Gasteiger partial charge in [-0.15, -0.1) is 0 Å². The van der Waals surface area contributed by atoms with Gasteiger partial charge in [0.15, 0.2) is 0 Å². The molecule has 1 amide bonds. The van der Waals surface area contributed by atoms with Gasteiger partial charge in [0.2, 0.25) is 0 Å². The van der Waals surface area contributed by atoms with E-state index >= 15 is 0 Å². The van der Waals surface area contributed by atoms with E-state index in [0.29, 0.717) is 21.8 Å². The number of aliphatic carboxylic acids is 1. The molecule has 0 saturated heterocycles. The maximum atomic E-state index is 13.0. The number of fused-ring (bicyclic) bond motifs is 1. The number of alkyl halides is 3. The molecule has 0 fully saturated rings. The van der Waals surface area contributed by atoms with Gasteiger partial charge in [0.1, 0.15) is 16.6 Å². The highest BCUT2D eigenvalue weighted by molar-refractivity contribution is 9.10. The Morgan fingerprint density at radius 3 is 2.42 bits per heavy atom. The molecule has 12 heteroatoms. The summed E-state index contributed by atoms with van der Waals surface area (Å²) in [5, 5.41) is 17.8. The molecule has 0 bridgehead atoms. The summed E-state index contributed by atoms with van der Waals surface area (Å²) in [4.78, 5) is 27.9. The normalized spacial score (nSPS) is 10.8. The molecule has 0 aliphatic heterocycles. The number of pyridine rings is 1. The second-order valence-electron chi connectivity index (χ2n) is 6.20. The van der Waals surface area contributed by atoms with E-state index in [2.05, 4.69) is 31.4 Å². The number of hydrogen-bond donors (Lipinski definition) is 1. The third-order valence-electron chi connectivity index (χ3n) is 3.94. The van der Waals surface area contributed by atoms with Crippen LogP contribution in [0.3, 0.4) is 0 Å². The van der Waals surface area contributed by atoms with Crippen molar-refractivity contribution in [2.45, 2.75) is 20.0 Å². The van der Waals surface area contributed by atoms with Crippen LogP contribution in [0.25, 0.3) is 10.9 Å². The number of carbonyl (C=O) groups is 2. The van der Waals surface area contributed by atoms with Gasteiger partial charge in [-0.25, -0.2) is 4.79 Å². The molecule has 2 heterocycles. The summed E-state index contributed by atoms with van der Waals surface area (Å²) < 4.78 is 36.8. The molecule has 162 valence electrons. The van der Waals surface area contributed by atoms with Crippen molar-refractivity contribution in [3.05, 3.63) is 51.3 Å². The van der Waals surface area contributed by atoms with Crippen molar-refractivity contribution in [1.82, 2.24) is 9.36 Å². The van der Waals surface area contributed by atoms with E-state index in [0.717, 1.165) is 32.6 Å². The Bertz CT molecular complexity index is 1200. The summed E-state index contributed by atoms with van der Waals surface area (Å²) in [6.07, 6.45) is -5.08. The Morgan fingerprint density at radius 1 is 1.26 bits per heavy atom. The Labute approximate surface area is 187 Å². The second kappa shape index (κ2) is 9.40. The number of amides is 1. The minimum Gasteiger partial charge on any atom is -0.475 e. The number of carboxylic acids is 1. The molecule has 0 saturated carbocycles. The van der Waals surface area contributed by atoms with E-state index in [1.54, 1.807) is 20.0 Å². The Balaban J connectivity index is 0.000000423. The number of aromatic nitrogens is 2. The van der Waals surface area contributed by atoms with Crippen molar-refractivity contribution >= 4 is 55.2 Å². The summed E-state index contributed by atoms with van der Waals surface area (Å²) >= 11 is 4.58. The van der Waals surface area contributed by atoms with Gasteiger partial charge in [-0.2, -0.15) is 22.8 Å². The average Bonchev–Trinajstić information content (AvgIpc) is 3.06. The fraction of sp³-hybridized carbons (Fsp3) is 0.211. The standard InChI is InChI=1S/C17H13BrN4OS.C2HF3O2/c1-9-6-13(12-5-4-11(18)7-15(12)20-9)16(23)22(3)17-14(8-19)10(2)21-24-17;3-2(4,5)1(6)7/h4-7H,1-3H3;(H,6,7). The fourth-order valence-electron chi connectivity index (χ4n) is 2.50. The van der Waals surface area contributed by atoms with Crippen molar-refractivity contribution < 1.29 is 27.9 Å². The van der Waals surface area contributed by atoms with Crippen LogP contribution < -0.4 is 4.90 Å². The van der Waals surface area contributed by atoms with Gasteiger partial charge in [0, 0.05) is 22.6 Å². The maximum absolute atomic E-state index is 13.0. The Morgan fingerprint density at radius 2 is 1.87 bits per heavy atom. The molecule has 3 rings (SSSR count). The molecular formula is C19H14BrF3N4O3S. The first-order valence-electron chi connectivity index (χ1n) is 8.38. The zero-order chi connectivity index (χ0) is 23.5. The molecule has 2 aromatic heterocycles. The average molecular weight is 515 g/mol. The molecular weight excluding hydrogens is 501 g/mol. The first kappa shape index (κ1) is 24.2. The van der Waals surface area contributed by atoms with Crippen molar-refractivity contribution in [2.24, 2.45) is 0 Å². The number of rotatable bonds is 2. The van der Waals surface area contributed by atoms with Gasteiger partial charge in [0.05, 0.1) is 16.8 Å². The van der Waals surface area contributed by atoms with E-state index in [9.17, 15) is 23.2 Å². The molecule has 1 N–H and O–H groups in total. The number of carbonyl (C=O) groups excluding carboxylic acids is 1. The lowest BCUT2D eigenvalue weighted by molar-refractivity contribution is -0.192. The van der Waals surface area contributed by atoms with E-state index in [-0.39, 0.29) is 5.91 Å². The SMILES string of the molecule is Cc1cc(C(=O)N(C)c2snc(C)c2C#N)c2ccc(Br)cc2n1.O=C(O)C(F)(F)F. The van der Waals surface area contributed by atoms with Crippen LogP contribution in [0, 0.1) is 25.2 Å². The summed E-state index contributed by atoms with van der Waals surface area (Å²) in [7, 11) is 1.66. The van der Waals surface area contributed by atoms with Crippen molar-refractivity contribution in [1.29, 1.82) is 5.26 Å². The van der Waals surface area contributed by atoms with Gasteiger partial charge < -0.3 is 10.0 Å². The van der Waals surface area contributed by atoms with Crippen LogP contribution >= 0.6 is 27.5 Å². The lowest BCUT2D eigenvalue weighted by Crippen LogP contribution is -2.26. The molecule has 0 unspecified atom stereocenters. The zero-order valence-corrected chi connectivity index (χ0v) is 18.7. The molecule has 1 aromatic carbocycles. The number of benzene rings is 1. The summed E-state index contributed by atoms with van der Waals surface area (Å²) in [6.45, 7) is 3.62. The largest absolute Gasteiger partial charge is 0.490 e. The third kappa shape index (κ3) is 5.56. The zero-order valence-electron chi connectivity index (χ0n) is 16.3. The lowest BCUT2D eigenvalue weighted by Gasteiger charge is -2.17. The van der Waals surface area contributed by atoms with Crippen LogP contribution in [0.15, 0.2) is 28.7 Å². The third-order valence-corrected chi connectivity index (χ3v) is 5.45. The highest BCUT2D eigenvalue weighted by Gasteiger charge is 2.38. The summed E-state index contributed by atoms with van der Waals surface area (Å²) in [5.74, 6) is -2.94. The van der Waals surface area contributed by atoms with E-state index in [1.807, 2.05) is 25.1 Å².